The van der Waals surface area contributed by atoms with Gasteiger partial charge in [-0.2, -0.15) is 0 Å². The molecule has 0 fully saturated rings. The molecule has 9 heteroatoms. The summed E-state index contributed by atoms with van der Waals surface area (Å²) in [6, 6.07) is 11.3. The van der Waals surface area contributed by atoms with E-state index in [1.165, 1.54) is 18.3 Å². The van der Waals surface area contributed by atoms with Gasteiger partial charge in [0.15, 0.2) is 0 Å². The first-order valence-corrected chi connectivity index (χ1v) is 9.70. The molecule has 1 heterocycles. The second-order valence-corrected chi connectivity index (χ2v) is 7.83. The predicted octanol–water partition coefficient (Wildman–Crippen LogP) is 3.37. The van der Waals surface area contributed by atoms with E-state index in [-0.39, 0.29) is 28.1 Å². The highest BCUT2D eigenvalue weighted by molar-refractivity contribution is 7.89. The first-order chi connectivity index (χ1) is 12.3. The lowest BCUT2D eigenvalue weighted by Crippen LogP contribution is -2.17. The highest BCUT2D eigenvalue weighted by Gasteiger charge is 2.17. The van der Waals surface area contributed by atoms with Crippen molar-refractivity contribution >= 4 is 55.6 Å². The Hall–Kier alpha value is -2.19. The molecule has 0 radical (unpaired) electrons. The third kappa shape index (κ3) is 3.96. The second kappa shape index (κ2) is 7.20. The molecule has 0 bridgehead atoms. The Bertz CT molecular complexity index is 1120. The van der Waals surface area contributed by atoms with Crippen molar-refractivity contribution in [2.24, 2.45) is 5.14 Å². The summed E-state index contributed by atoms with van der Waals surface area (Å²) in [4.78, 5) is 16.1. The maximum atomic E-state index is 12.3. The molecule has 3 aromatic rings. The number of halogens is 2. The number of carbonyl (C=O) groups excluding carboxylic acids is 1. The lowest BCUT2D eigenvalue weighted by molar-refractivity contribution is -0.115. The normalized spacial score (nSPS) is 11.5. The van der Waals surface area contributed by atoms with E-state index in [2.05, 4.69) is 10.3 Å². The number of hydrogen-bond donors (Lipinski definition) is 2. The summed E-state index contributed by atoms with van der Waals surface area (Å²) in [6.07, 6.45) is 1.41. The Balaban J connectivity index is 1.99. The number of amides is 1. The quantitative estimate of drug-likeness (QED) is 0.644. The molecular weight excluding hydrogens is 397 g/mol. The minimum Gasteiger partial charge on any atom is -0.326 e. The zero-order chi connectivity index (χ0) is 18.9. The smallest absolute Gasteiger partial charge is 0.238 e. The highest BCUT2D eigenvalue weighted by Crippen LogP contribution is 2.30. The molecule has 0 saturated carbocycles. The van der Waals surface area contributed by atoms with Crippen molar-refractivity contribution < 1.29 is 13.2 Å². The first-order valence-electron chi connectivity index (χ1n) is 7.40. The fourth-order valence-corrected chi connectivity index (χ4v) is 3.73. The maximum absolute atomic E-state index is 12.3. The molecule has 0 aliphatic carbocycles. The summed E-state index contributed by atoms with van der Waals surface area (Å²) in [7, 11) is -4.03. The monoisotopic (exact) mass is 409 g/mol. The molecule has 134 valence electrons. The van der Waals surface area contributed by atoms with E-state index in [1.807, 2.05) is 0 Å². The van der Waals surface area contributed by atoms with E-state index in [4.69, 9.17) is 28.3 Å². The van der Waals surface area contributed by atoms with Crippen molar-refractivity contribution in [2.45, 2.75) is 11.3 Å². The molecule has 1 aromatic heterocycles. The zero-order valence-corrected chi connectivity index (χ0v) is 15.6. The van der Waals surface area contributed by atoms with Gasteiger partial charge in [-0.3, -0.25) is 4.79 Å². The van der Waals surface area contributed by atoms with Crippen molar-refractivity contribution in [3.05, 3.63) is 64.4 Å². The Labute approximate surface area is 160 Å². The summed E-state index contributed by atoms with van der Waals surface area (Å²) in [6.45, 7) is 0. The third-order valence-electron chi connectivity index (χ3n) is 3.69. The maximum Gasteiger partial charge on any atom is 0.238 e. The molecular formula is C17H13Cl2N3O3S. The van der Waals surface area contributed by atoms with Crippen molar-refractivity contribution in [1.82, 2.24) is 4.98 Å². The fourth-order valence-electron chi connectivity index (χ4n) is 2.54. The Kier molecular flexibility index (Phi) is 5.15. The summed E-state index contributed by atoms with van der Waals surface area (Å²) in [5.41, 5.74) is 0.896. The van der Waals surface area contributed by atoms with Gasteiger partial charge in [-0.25, -0.2) is 18.5 Å². The molecule has 0 saturated heterocycles. The van der Waals surface area contributed by atoms with Crippen molar-refractivity contribution in [2.75, 3.05) is 5.32 Å². The van der Waals surface area contributed by atoms with Crippen molar-refractivity contribution in [3.63, 3.8) is 0 Å². The van der Waals surface area contributed by atoms with E-state index < -0.39 is 10.0 Å². The number of primary sulfonamides is 1. The van der Waals surface area contributed by atoms with Crippen LogP contribution in [0, 0.1) is 0 Å². The van der Waals surface area contributed by atoms with Gasteiger partial charge in [0, 0.05) is 27.7 Å². The second-order valence-electron chi connectivity index (χ2n) is 5.53. The number of nitrogens with one attached hydrogen (secondary N) is 1. The van der Waals surface area contributed by atoms with Crippen molar-refractivity contribution in [3.8, 4) is 0 Å². The van der Waals surface area contributed by atoms with Crippen LogP contribution in [0.4, 0.5) is 5.69 Å². The topological polar surface area (TPSA) is 102 Å². The van der Waals surface area contributed by atoms with Crippen LogP contribution in [0.25, 0.3) is 10.8 Å². The third-order valence-corrected chi connectivity index (χ3v) is 5.31. The first kappa shape index (κ1) is 18.6. The lowest BCUT2D eigenvalue weighted by Gasteiger charge is -2.11. The number of pyridine rings is 1. The number of benzene rings is 2. The molecule has 0 atom stereocenters. The van der Waals surface area contributed by atoms with Crippen LogP contribution in [0.5, 0.6) is 0 Å². The molecule has 0 unspecified atom stereocenters. The number of hydrogen-bond acceptors (Lipinski definition) is 4. The molecule has 2 aromatic carbocycles. The number of anilines is 1. The summed E-state index contributed by atoms with van der Waals surface area (Å²) >= 11 is 12.1. The average Bonchev–Trinajstić information content (AvgIpc) is 2.56. The summed E-state index contributed by atoms with van der Waals surface area (Å²) < 4.78 is 23.8. The van der Waals surface area contributed by atoms with Gasteiger partial charge in [0.25, 0.3) is 0 Å². The van der Waals surface area contributed by atoms with Crippen molar-refractivity contribution in [1.29, 1.82) is 0 Å². The molecule has 26 heavy (non-hydrogen) atoms. The fraction of sp³-hybridized carbons (Fsp3) is 0.0588. The Morgan fingerprint density at radius 1 is 1.12 bits per heavy atom. The number of aromatic nitrogens is 1. The van der Waals surface area contributed by atoms with E-state index in [0.717, 1.165) is 0 Å². The van der Waals surface area contributed by atoms with Gasteiger partial charge in [-0.1, -0.05) is 41.4 Å². The van der Waals surface area contributed by atoms with Gasteiger partial charge in [-0.05, 0) is 29.8 Å². The van der Waals surface area contributed by atoms with Crippen LogP contribution < -0.4 is 10.5 Å². The minimum absolute atomic E-state index is 0.0309. The molecule has 3 N–H and O–H groups in total. The Morgan fingerprint density at radius 3 is 2.54 bits per heavy atom. The van der Waals surface area contributed by atoms with Gasteiger partial charge in [-0.15, -0.1) is 0 Å². The lowest BCUT2D eigenvalue weighted by atomic mass is 10.1. The van der Waals surface area contributed by atoms with Crippen LogP contribution in [0.3, 0.4) is 0 Å². The predicted molar refractivity (Wildman–Crippen MR) is 102 cm³/mol. The van der Waals surface area contributed by atoms with Gasteiger partial charge < -0.3 is 5.32 Å². The van der Waals surface area contributed by atoms with E-state index in [9.17, 15) is 13.2 Å². The van der Waals surface area contributed by atoms with Crippen LogP contribution in [-0.2, 0) is 21.2 Å². The zero-order valence-electron chi connectivity index (χ0n) is 13.2. The average molecular weight is 410 g/mol. The number of fused-ring (bicyclic) bond motifs is 1. The van der Waals surface area contributed by atoms with E-state index in [1.54, 1.807) is 30.3 Å². The molecule has 1 amide bonds. The van der Waals surface area contributed by atoms with Crippen LogP contribution in [0.2, 0.25) is 10.2 Å². The van der Waals surface area contributed by atoms with Crippen LogP contribution in [0.1, 0.15) is 5.56 Å². The van der Waals surface area contributed by atoms with E-state index in [0.29, 0.717) is 21.4 Å². The molecule has 0 aliphatic heterocycles. The minimum atomic E-state index is -4.03. The standard InChI is InChI=1S/C17H13Cl2N3O3S/c18-14-4-2-1-3-10(14)7-16(23)22-11-8-13-12(5-6-21-17(13)19)15(9-11)26(20,24)25/h1-6,8-9H,7H2,(H,22,23)(H2,20,24,25). The molecule has 0 spiro atoms. The van der Waals surface area contributed by atoms with E-state index >= 15 is 0 Å². The summed E-state index contributed by atoms with van der Waals surface area (Å²) in [5.74, 6) is -0.363. The number of sulfonamides is 1. The number of carbonyl (C=O) groups is 1. The van der Waals surface area contributed by atoms with Crippen LogP contribution in [0.15, 0.2) is 53.6 Å². The van der Waals surface area contributed by atoms with Gasteiger partial charge >= 0.3 is 0 Å². The number of nitrogens with zero attached hydrogens (tertiary/aromatic N) is 1. The van der Waals surface area contributed by atoms with Gasteiger partial charge in [0.05, 0.1) is 11.3 Å². The SMILES string of the molecule is NS(=O)(=O)c1cc(NC(=O)Cc2ccccc2Cl)cc2c(Cl)nccc12. The Morgan fingerprint density at radius 2 is 1.85 bits per heavy atom. The van der Waals surface area contributed by atoms with Crippen LogP contribution >= 0.6 is 23.2 Å². The van der Waals surface area contributed by atoms with Gasteiger partial charge in [0.2, 0.25) is 15.9 Å². The molecule has 0 aliphatic rings. The van der Waals surface area contributed by atoms with Crippen LogP contribution in [-0.4, -0.2) is 19.3 Å². The molecule has 3 rings (SSSR count). The van der Waals surface area contributed by atoms with Gasteiger partial charge in [0.1, 0.15) is 5.15 Å². The summed E-state index contributed by atoms with van der Waals surface area (Å²) in [5, 5.41) is 9.22. The number of rotatable bonds is 4. The largest absolute Gasteiger partial charge is 0.326 e. The molecule has 6 nitrogen and oxygen atoms in total. The number of nitrogens with two attached hydrogens (primary N) is 1. The highest BCUT2D eigenvalue weighted by atomic mass is 35.5.